The molecule has 0 atom stereocenters. The molecule has 1 aromatic heterocycles. The topological polar surface area (TPSA) is 57.2 Å². The second kappa shape index (κ2) is 5.92. The summed E-state index contributed by atoms with van der Waals surface area (Å²) in [7, 11) is 7.69. The van der Waals surface area contributed by atoms with Crippen LogP contribution in [0.1, 0.15) is 0 Å². The van der Waals surface area contributed by atoms with Crippen molar-refractivity contribution in [2.75, 3.05) is 43.3 Å². The molecule has 0 spiro atoms. The molecule has 0 amide bonds. The van der Waals surface area contributed by atoms with Crippen molar-refractivity contribution < 1.29 is 0 Å². The van der Waals surface area contributed by atoms with E-state index in [0.717, 1.165) is 11.4 Å². The zero-order valence-corrected chi connectivity index (χ0v) is 12.7. The first-order chi connectivity index (χ1) is 9.45. The van der Waals surface area contributed by atoms with Crippen LogP contribution in [0.15, 0.2) is 24.3 Å². The third kappa shape index (κ3) is 3.48. The van der Waals surface area contributed by atoms with E-state index in [1.165, 1.54) is 0 Å². The zero-order chi connectivity index (χ0) is 14.7. The van der Waals surface area contributed by atoms with Crippen LogP contribution in [0.3, 0.4) is 0 Å². The minimum atomic E-state index is 0.163. The van der Waals surface area contributed by atoms with E-state index < -0.39 is 0 Å². The molecular formula is C13H17ClN6. The lowest BCUT2D eigenvalue weighted by atomic mass is 10.2. The van der Waals surface area contributed by atoms with Gasteiger partial charge >= 0.3 is 0 Å². The van der Waals surface area contributed by atoms with Gasteiger partial charge in [-0.1, -0.05) is 0 Å². The molecule has 0 saturated heterocycles. The van der Waals surface area contributed by atoms with E-state index in [9.17, 15) is 0 Å². The molecule has 0 saturated carbocycles. The molecule has 1 aromatic carbocycles. The summed E-state index contributed by atoms with van der Waals surface area (Å²) >= 11 is 5.89. The zero-order valence-electron chi connectivity index (χ0n) is 11.9. The number of benzene rings is 1. The SMILES string of the molecule is CN(C)c1ccc(Nc2nc(Cl)nc(N(C)C)n2)cc1. The van der Waals surface area contributed by atoms with Crippen LogP contribution in [-0.4, -0.2) is 43.1 Å². The van der Waals surface area contributed by atoms with Crippen molar-refractivity contribution >= 4 is 34.9 Å². The lowest BCUT2D eigenvalue weighted by molar-refractivity contribution is 0.961. The standard InChI is InChI=1S/C13H17ClN6/c1-19(2)10-7-5-9(6-8-10)15-12-16-11(14)17-13(18-12)20(3)4/h5-8H,1-4H3,(H,15,16,17,18). The van der Waals surface area contributed by atoms with Gasteiger partial charge < -0.3 is 15.1 Å². The predicted molar refractivity (Wildman–Crippen MR) is 83.2 cm³/mol. The molecule has 2 rings (SSSR count). The van der Waals surface area contributed by atoms with Gasteiger partial charge in [0.2, 0.25) is 17.2 Å². The summed E-state index contributed by atoms with van der Waals surface area (Å²) in [6.45, 7) is 0. The van der Waals surface area contributed by atoms with Crippen molar-refractivity contribution in [3.63, 3.8) is 0 Å². The highest BCUT2D eigenvalue weighted by atomic mass is 35.5. The molecule has 7 heteroatoms. The van der Waals surface area contributed by atoms with Gasteiger partial charge in [0, 0.05) is 39.6 Å². The molecule has 1 N–H and O–H groups in total. The number of nitrogens with zero attached hydrogens (tertiary/aromatic N) is 5. The van der Waals surface area contributed by atoms with E-state index in [4.69, 9.17) is 11.6 Å². The van der Waals surface area contributed by atoms with Crippen molar-refractivity contribution in [3.05, 3.63) is 29.5 Å². The first-order valence-corrected chi connectivity index (χ1v) is 6.47. The maximum Gasteiger partial charge on any atom is 0.233 e. The van der Waals surface area contributed by atoms with E-state index in [0.29, 0.717) is 11.9 Å². The summed E-state index contributed by atoms with van der Waals surface area (Å²) in [5, 5.41) is 3.28. The fourth-order valence-electron chi connectivity index (χ4n) is 1.57. The monoisotopic (exact) mass is 292 g/mol. The van der Waals surface area contributed by atoms with Crippen molar-refractivity contribution in [2.45, 2.75) is 0 Å². The smallest absolute Gasteiger partial charge is 0.233 e. The maximum atomic E-state index is 5.89. The Kier molecular flexibility index (Phi) is 4.24. The maximum absolute atomic E-state index is 5.89. The summed E-state index contributed by atoms with van der Waals surface area (Å²) in [4.78, 5) is 16.2. The average molecular weight is 293 g/mol. The minimum absolute atomic E-state index is 0.163. The fraction of sp³-hybridized carbons (Fsp3) is 0.308. The highest BCUT2D eigenvalue weighted by Crippen LogP contribution is 2.19. The van der Waals surface area contributed by atoms with Crippen LogP contribution in [0.5, 0.6) is 0 Å². The Hall–Kier alpha value is -2.08. The normalized spacial score (nSPS) is 10.2. The van der Waals surface area contributed by atoms with Gasteiger partial charge in [0.25, 0.3) is 0 Å². The number of anilines is 4. The molecule has 0 bridgehead atoms. The Balaban J connectivity index is 2.21. The molecule has 0 aliphatic heterocycles. The van der Waals surface area contributed by atoms with Crippen LogP contribution in [0.2, 0.25) is 5.28 Å². The van der Waals surface area contributed by atoms with Crippen LogP contribution < -0.4 is 15.1 Å². The van der Waals surface area contributed by atoms with Crippen LogP contribution in [-0.2, 0) is 0 Å². The Bertz CT molecular complexity index is 582. The lowest BCUT2D eigenvalue weighted by Crippen LogP contribution is -2.14. The van der Waals surface area contributed by atoms with E-state index in [-0.39, 0.29) is 5.28 Å². The average Bonchev–Trinajstić information content (AvgIpc) is 2.38. The quantitative estimate of drug-likeness (QED) is 0.934. The van der Waals surface area contributed by atoms with Crippen LogP contribution >= 0.6 is 11.6 Å². The molecule has 0 aliphatic rings. The molecule has 2 aromatic rings. The number of halogens is 1. The summed E-state index contributed by atoms with van der Waals surface area (Å²) < 4.78 is 0. The van der Waals surface area contributed by atoms with Crippen molar-refractivity contribution in [3.8, 4) is 0 Å². The summed E-state index contributed by atoms with van der Waals surface area (Å²) in [5.74, 6) is 0.934. The highest BCUT2D eigenvalue weighted by Gasteiger charge is 2.07. The van der Waals surface area contributed by atoms with Crippen molar-refractivity contribution in [1.82, 2.24) is 15.0 Å². The first kappa shape index (κ1) is 14.3. The number of hydrogen-bond donors (Lipinski definition) is 1. The number of hydrogen-bond acceptors (Lipinski definition) is 6. The number of aromatic nitrogens is 3. The Morgan fingerprint density at radius 3 is 2.10 bits per heavy atom. The second-order valence-corrected chi connectivity index (χ2v) is 5.03. The van der Waals surface area contributed by atoms with E-state index in [2.05, 4.69) is 20.3 Å². The summed E-state index contributed by atoms with van der Waals surface area (Å²) in [5.41, 5.74) is 2.01. The molecule has 20 heavy (non-hydrogen) atoms. The van der Waals surface area contributed by atoms with Gasteiger partial charge in [-0.25, -0.2) is 0 Å². The molecule has 0 fully saturated rings. The van der Waals surface area contributed by atoms with Gasteiger partial charge in [0.15, 0.2) is 0 Å². The third-order valence-electron chi connectivity index (χ3n) is 2.64. The molecule has 1 heterocycles. The largest absolute Gasteiger partial charge is 0.378 e. The van der Waals surface area contributed by atoms with E-state index in [1.807, 2.05) is 57.4 Å². The highest BCUT2D eigenvalue weighted by molar-refractivity contribution is 6.28. The number of rotatable bonds is 4. The van der Waals surface area contributed by atoms with Crippen molar-refractivity contribution in [2.24, 2.45) is 0 Å². The Morgan fingerprint density at radius 1 is 0.900 bits per heavy atom. The molecule has 0 unspecified atom stereocenters. The van der Waals surface area contributed by atoms with Crippen molar-refractivity contribution in [1.29, 1.82) is 0 Å². The van der Waals surface area contributed by atoms with Crippen LogP contribution in [0, 0.1) is 0 Å². The fourth-order valence-corrected chi connectivity index (χ4v) is 1.72. The Morgan fingerprint density at radius 2 is 1.55 bits per heavy atom. The second-order valence-electron chi connectivity index (χ2n) is 4.69. The van der Waals surface area contributed by atoms with Gasteiger partial charge in [-0.2, -0.15) is 15.0 Å². The van der Waals surface area contributed by atoms with E-state index in [1.54, 1.807) is 4.90 Å². The number of nitrogens with one attached hydrogen (secondary N) is 1. The molecular weight excluding hydrogens is 276 g/mol. The molecule has 106 valence electrons. The van der Waals surface area contributed by atoms with Gasteiger partial charge in [0.05, 0.1) is 0 Å². The predicted octanol–water partition coefficient (Wildman–Crippen LogP) is 2.40. The summed E-state index contributed by atoms with van der Waals surface area (Å²) in [6.07, 6.45) is 0. The molecule has 0 radical (unpaired) electrons. The minimum Gasteiger partial charge on any atom is -0.378 e. The first-order valence-electron chi connectivity index (χ1n) is 6.09. The van der Waals surface area contributed by atoms with Gasteiger partial charge in [0.1, 0.15) is 0 Å². The van der Waals surface area contributed by atoms with Gasteiger partial charge in [-0.05, 0) is 35.9 Å². The Labute approximate surface area is 123 Å². The summed E-state index contributed by atoms with van der Waals surface area (Å²) in [6, 6.07) is 7.95. The van der Waals surface area contributed by atoms with Gasteiger partial charge in [-0.15, -0.1) is 0 Å². The van der Waals surface area contributed by atoms with E-state index >= 15 is 0 Å². The van der Waals surface area contributed by atoms with Crippen LogP contribution in [0.4, 0.5) is 23.3 Å². The lowest BCUT2D eigenvalue weighted by Gasteiger charge is -2.14. The third-order valence-corrected chi connectivity index (χ3v) is 2.81. The molecule has 6 nitrogen and oxygen atoms in total. The van der Waals surface area contributed by atoms with Gasteiger partial charge in [-0.3, -0.25) is 0 Å². The van der Waals surface area contributed by atoms with Crippen LogP contribution in [0.25, 0.3) is 0 Å². The molecule has 0 aliphatic carbocycles.